The summed E-state index contributed by atoms with van der Waals surface area (Å²) in [7, 11) is 0. The van der Waals surface area contributed by atoms with Gasteiger partial charge in [0.05, 0.1) is 5.92 Å². The number of carbonyl (C=O) groups is 1. The summed E-state index contributed by atoms with van der Waals surface area (Å²) in [6.07, 6.45) is 3.78. The highest BCUT2D eigenvalue weighted by Crippen LogP contribution is 2.07. The fraction of sp³-hybridized carbons (Fsp3) is 0.562. The highest BCUT2D eigenvalue weighted by Gasteiger charge is 2.16. The molecule has 1 atom stereocenters. The van der Waals surface area contributed by atoms with Crippen molar-refractivity contribution >= 4 is 5.97 Å². The summed E-state index contributed by atoms with van der Waals surface area (Å²) in [5.74, 6) is -0.265. The van der Waals surface area contributed by atoms with Crippen molar-refractivity contribution in [3.05, 3.63) is 35.9 Å². The van der Waals surface area contributed by atoms with Crippen molar-refractivity contribution in [2.24, 2.45) is 5.92 Å². The van der Waals surface area contributed by atoms with Crippen molar-refractivity contribution in [3.8, 4) is 0 Å². The Labute approximate surface area is 121 Å². The van der Waals surface area contributed by atoms with Crippen molar-refractivity contribution in [1.82, 2.24) is 10.4 Å². The van der Waals surface area contributed by atoms with Crippen LogP contribution in [0.25, 0.3) is 0 Å². The molecule has 1 N–H and O–H groups in total. The predicted molar refractivity (Wildman–Crippen MR) is 78.8 cm³/mol. The number of rotatable bonds is 6. The number of hydrogen-bond donors (Lipinski definition) is 1. The van der Waals surface area contributed by atoms with Gasteiger partial charge in [0.1, 0.15) is 6.61 Å². The lowest BCUT2D eigenvalue weighted by Gasteiger charge is -2.28. The van der Waals surface area contributed by atoms with E-state index in [2.05, 4.69) is 10.4 Å². The molecule has 1 unspecified atom stereocenters. The number of carbonyl (C=O) groups excluding carboxylic acids is 1. The lowest BCUT2D eigenvalue weighted by molar-refractivity contribution is -0.149. The van der Waals surface area contributed by atoms with Crippen molar-refractivity contribution < 1.29 is 9.53 Å². The van der Waals surface area contributed by atoms with E-state index in [0.717, 1.165) is 18.7 Å². The average Bonchev–Trinajstić information content (AvgIpc) is 2.52. The predicted octanol–water partition coefficient (Wildman–Crippen LogP) is 2.36. The van der Waals surface area contributed by atoms with Gasteiger partial charge in [0.25, 0.3) is 0 Å². The fourth-order valence-electron chi connectivity index (χ4n) is 2.27. The summed E-state index contributed by atoms with van der Waals surface area (Å²) in [6.45, 7) is 5.06. The Kier molecular flexibility index (Phi) is 6.02. The molecule has 20 heavy (non-hydrogen) atoms. The maximum absolute atomic E-state index is 11.9. The molecule has 1 heterocycles. The third kappa shape index (κ3) is 4.94. The van der Waals surface area contributed by atoms with Crippen LogP contribution in [-0.2, 0) is 16.1 Å². The SMILES string of the molecule is CC(CNN1CCCCC1)C(=O)OCc1ccccc1. The second-order valence-electron chi connectivity index (χ2n) is 5.40. The Morgan fingerprint density at radius 1 is 1.25 bits per heavy atom. The first-order valence-corrected chi connectivity index (χ1v) is 7.45. The van der Waals surface area contributed by atoms with Crippen molar-refractivity contribution in [2.75, 3.05) is 19.6 Å². The van der Waals surface area contributed by atoms with E-state index in [0.29, 0.717) is 13.2 Å². The topological polar surface area (TPSA) is 41.6 Å². The Bertz CT molecular complexity index is 402. The van der Waals surface area contributed by atoms with E-state index in [1.165, 1.54) is 19.3 Å². The van der Waals surface area contributed by atoms with Crippen molar-refractivity contribution in [3.63, 3.8) is 0 Å². The third-order valence-corrected chi connectivity index (χ3v) is 3.60. The van der Waals surface area contributed by atoms with E-state index in [1.807, 2.05) is 37.3 Å². The number of benzene rings is 1. The lowest BCUT2D eigenvalue weighted by atomic mass is 10.1. The highest BCUT2D eigenvalue weighted by molar-refractivity contribution is 5.72. The first-order valence-electron chi connectivity index (χ1n) is 7.45. The molecule has 1 aliphatic rings. The van der Waals surface area contributed by atoms with Crippen LogP contribution in [0.4, 0.5) is 0 Å². The summed E-state index contributed by atoms with van der Waals surface area (Å²) in [5.41, 5.74) is 4.36. The Balaban J connectivity index is 1.66. The standard InChI is InChI=1S/C16H24N2O2/c1-14(12-17-18-10-6-3-7-11-18)16(19)20-13-15-8-4-2-5-9-15/h2,4-5,8-9,14,17H,3,6-7,10-13H2,1H3. The smallest absolute Gasteiger partial charge is 0.310 e. The second-order valence-corrected chi connectivity index (χ2v) is 5.40. The molecule has 4 heteroatoms. The molecular formula is C16H24N2O2. The maximum atomic E-state index is 11.9. The Morgan fingerprint density at radius 2 is 1.95 bits per heavy atom. The molecule has 0 bridgehead atoms. The van der Waals surface area contributed by atoms with Crippen LogP contribution in [0.3, 0.4) is 0 Å². The van der Waals surface area contributed by atoms with Crippen LogP contribution >= 0.6 is 0 Å². The van der Waals surface area contributed by atoms with Gasteiger partial charge >= 0.3 is 5.97 Å². The van der Waals surface area contributed by atoms with Gasteiger partial charge in [0.2, 0.25) is 0 Å². The van der Waals surface area contributed by atoms with E-state index < -0.39 is 0 Å². The molecule has 110 valence electrons. The summed E-state index contributed by atoms with van der Waals surface area (Å²) in [6, 6.07) is 9.78. The molecule has 0 spiro atoms. The molecular weight excluding hydrogens is 252 g/mol. The number of esters is 1. The molecule has 0 aliphatic carbocycles. The minimum atomic E-state index is -0.140. The number of hydrazine groups is 1. The molecule has 1 saturated heterocycles. The van der Waals surface area contributed by atoms with Gasteiger partial charge in [-0.2, -0.15) is 0 Å². The summed E-state index contributed by atoms with van der Waals surface area (Å²) >= 11 is 0. The third-order valence-electron chi connectivity index (χ3n) is 3.60. The largest absolute Gasteiger partial charge is 0.461 e. The molecule has 0 aromatic heterocycles. The molecule has 1 aromatic carbocycles. The summed E-state index contributed by atoms with van der Waals surface area (Å²) in [5, 5.41) is 2.21. The first-order chi connectivity index (χ1) is 9.75. The van der Waals surface area contributed by atoms with Crippen molar-refractivity contribution in [1.29, 1.82) is 0 Å². The first kappa shape index (κ1) is 15.0. The number of nitrogens with zero attached hydrogens (tertiary/aromatic N) is 1. The van der Waals surface area contributed by atoms with Gasteiger partial charge in [0, 0.05) is 19.6 Å². The highest BCUT2D eigenvalue weighted by atomic mass is 16.5. The van der Waals surface area contributed by atoms with E-state index in [1.54, 1.807) is 0 Å². The summed E-state index contributed by atoms with van der Waals surface area (Å²) in [4.78, 5) is 11.9. The number of piperidine rings is 1. The molecule has 0 amide bonds. The molecule has 0 radical (unpaired) electrons. The van der Waals surface area contributed by atoms with Gasteiger partial charge in [-0.15, -0.1) is 0 Å². The van der Waals surface area contributed by atoms with Gasteiger partial charge in [-0.3, -0.25) is 10.2 Å². The van der Waals surface area contributed by atoms with E-state index in [4.69, 9.17) is 4.74 Å². The minimum absolute atomic E-state index is 0.124. The van der Waals surface area contributed by atoms with Crippen LogP contribution in [0.5, 0.6) is 0 Å². The van der Waals surface area contributed by atoms with Crippen LogP contribution < -0.4 is 5.43 Å². The van der Waals surface area contributed by atoms with Crippen LogP contribution in [0.15, 0.2) is 30.3 Å². The average molecular weight is 276 g/mol. The Morgan fingerprint density at radius 3 is 2.65 bits per heavy atom. The zero-order chi connectivity index (χ0) is 14.2. The number of hydrogen-bond acceptors (Lipinski definition) is 4. The summed E-state index contributed by atoms with van der Waals surface area (Å²) < 4.78 is 5.33. The lowest BCUT2D eigenvalue weighted by Crippen LogP contribution is -2.44. The molecule has 1 aliphatic heterocycles. The molecule has 1 aromatic rings. The van der Waals surface area contributed by atoms with E-state index in [9.17, 15) is 4.79 Å². The van der Waals surface area contributed by atoms with Crippen LogP contribution in [0, 0.1) is 5.92 Å². The monoisotopic (exact) mass is 276 g/mol. The van der Waals surface area contributed by atoms with Gasteiger partial charge in [-0.05, 0) is 18.4 Å². The minimum Gasteiger partial charge on any atom is -0.461 e. The zero-order valence-electron chi connectivity index (χ0n) is 12.2. The normalized spacial score (nSPS) is 17.6. The van der Waals surface area contributed by atoms with Crippen LogP contribution in [0.1, 0.15) is 31.7 Å². The number of ether oxygens (including phenoxy) is 1. The quantitative estimate of drug-likeness (QED) is 0.810. The fourth-order valence-corrected chi connectivity index (χ4v) is 2.27. The molecule has 2 rings (SSSR count). The molecule has 0 saturated carbocycles. The van der Waals surface area contributed by atoms with Gasteiger partial charge in [-0.1, -0.05) is 43.7 Å². The zero-order valence-corrected chi connectivity index (χ0v) is 12.2. The molecule has 1 fully saturated rings. The molecule has 4 nitrogen and oxygen atoms in total. The van der Waals surface area contributed by atoms with Gasteiger partial charge in [-0.25, -0.2) is 5.01 Å². The van der Waals surface area contributed by atoms with Crippen molar-refractivity contribution in [2.45, 2.75) is 32.8 Å². The number of nitrogens with one attached hydrogen (secondary N) is 1. The van der Waals surface area contributed by atoms with Crippen LogP contribution in [-0.4, -0.2) is 30.6 Å². The van der Waals surface area contributed by atoms with Gasteiger partial charge in [0.15, 0.2) is 0 Å². The second kappa shape index (κ2) is 8.02. The van der Waals surface area contributed by atoms with E-state index in [-0.39, 0.29) is 11.9 Å². The van der Waals surface area contributed by atoms with E-state index >= 15 is 0 Å². The maximum Gasteiger partial charge on any atom is 0.310 e. The Hall–Kier alpha value is -1.39. The van der Waals surface area contributed by atoms with Gasteiger partial charge < -0.3 is 4.74 Å². The van der Waals surface area contributed by atoms with Crippen LogP contribution in [0.2, 0.25) is 0 Å².